The molecule has 3 aromatic carbocycles. The van der Waals surface area contributed by atoms with Crippen LogP contribution >= 0.6 is 0 Å². The number of ether oxygens (including phenoxy) is 2. The highest BCUT2D eigenvalue weighted by atomic mass is 16.5. The Morgan fingerprint density at radius 2 is 1.50 bits per heavy atom. The fraction of sp³-hybridized carbons (Fsp3) is 0.300. The second-order valence-corrected chi connectivity index (χ2v) is 9.57. The Balaban J connectivity index is 1.28. The summed E-state index contributed by atoms with van der Waals surface area (Å²) in [5.41, 5.74) is 4.10. The summed E-state index contributed by atoms with van der Waals surface area (Å²) in [6.07, 6.45) is -0.180. The first-order valence-corrected chi connectivity index (χ1v) is 12.8. The fourth-order valence-electron chi connectivity index (χ4n) is 5.45. The van der Waals surface area contributed by atoms with Gasteiger partial charge >= 0.3 is 12.0 Å². The van der Waals surface area contributed by atoms with Gasteiger partial charge in [-0.3, -0.25) is 9.59 Å². The molecule has 8 heteroatoms. The third-order valence-electron chi connectivity index (χ3n) is 7.61. The van der Waals surface area contributed by atoms with Crippen molar-refractivity contribution in [3.8, 4) is 16.9 Å². The SMILES string of the molecule is CCC1(CC)C(=O)N(C(=O)NCOC2c3ccccc3-c3ccccc32)C1Oc1ccc(CC(=O)O)cc1. The van der Waals surface area contributed by atoms with Gasteiger partial charge in [-0.1, -0.05) is 74.5 Å². The number of carbonyl (C=O) groups is 3. The molecule has 1 heterocycles. The van der Waals surface area contributed by atoms with Crippen LogP contribution in [0.15, 0.2) is 72.8 Å². The maximum atomic E-state index is 13.2. The minimum Gasteiger partial charge on any atom is -0.481 e. The Kier molecular flexibility index (Phi) is 6.91. The second kappa shape index (κ2) is 10.3. The smallest absolute Gasteiger partial charge is 0.328 e. The number of urea groups is 1. The molecule has 1 atom stereocenters. The molecule has 8 nitrogen and oxygen atoms in total. The minimum atomic E-state index is -0.922. The van der Waals surface area contributed by atoms with Gasteiger partial charge in [-0.15, -0.1) is 0 Å². The Bertz CT molecular complexity index is 1320. The van der Waals surface area contributed by atoms with E-state index < -0.39 is 23.6 Å². The second-order valence-electron chi connectivity index (χ2n) is 9.57. The summed E-state index contributed by atoms with van der Waals surface area (Å²) >= 11 is 0. The number of hydrogen-bond acceptors (Lipinski definition) is 5. The molecule has 196 valence electrons. The third kappa shape index (κ3) is 4.31. The van der Waals surface area contributed by atoms with Gasteiger partial charge in [0.15, 0.2) is 6.23 Å². The van der Waals surface area contributed by atoms with E-state index >= 15 is 0 Å². The molecule has 0 bridgehead atoms. The molecule has 1 saturated heterocycles. The summed E-state index contributed by atoms with van der Waals surface area (Å²) in [6.45, 7) is 3.72. The summed E-state index contributed by atoms with van der Waals surface area (Å²) in [7, 11) is 0. The lowest BCUT2D eigenvalue weighted by molar-refractivity contribution is -0.191. The van der Waals surface area contributed by atoms with Gasteiger partial charge < -0.3 is 19.9 Å². The Hall–Kier alpha value is -4.17. The average molecular weight is 515 g/mol. The van der Waals surface area contributed by atoms with Crippen LogP contribution < -0.4 is 10.1 Å². The molecule has 2 aliphatic rings. The van der Waals surface area contributed by atoms with Gasteiger partial charge in [-0.2, -0.15) is 0 Å². The number of fused-ring (bicyclic) bond motifs is 3. The summed E-state index contributed by atoms with van der Waals surface area (Å²) < 4.78 is 12.3. The predicted octanol–water partition coefficient (Wildman–Crippen LogP) is 5.12. The van der Waals surface area contributed by atoms with Crippen molar-refractivity contribution in [2.24, 2.45) is 5.41 Å². The van der Waals surface area contributed by atoms with Crippen molar-refractivity contribution in [1.29, 1.82) is 0 Å². The van der Waals surface area contributed by atoms with Crippen molar-refractivity contribution < 1.29 is 29.0 Å². The molecule has 1 unspecified atom stereocenters. The van der Waals surface area contributed by atoms with E-state index in [-0.39, 0.29) is 25.2 Å². The zero-order valence-electron chi connectivity index (χ0n) is 21.3. The number of carboxylic acids is 1. The van der Waals surface area contributed by atoms with Crippen molar-refractivity contribution in [1.82, 2.24) is 10.2 Å². The lowest BCUT2D eigenvalue weighted by Gasteiger charge is -2.53. The van der Waals surface area contributed by atoms with Gasteiger partial charge in [0, 0.05) is 0 Å². The summed E-state index contributed by atoms with van der Waals surface area (Å²) in [4.78, 5) is 38.4. The maximum absolute atomic E-state index is 13.2. The van der Waals surface area contributed by atoms with Crippen LogP contribution in [-0.2, 0) is 20.7 Å². The number of aliphatic carboxylic acids is 1. The molecule has 3 amide bonds. The molecular formula is C30H30N2O6. The van der Waals surface area contributed by atoms with Crippen LogP contribution in [0.2, 0.25) is 0 Å². The predicted molar refractivity (Wildman–Crippen MR) is 140 cm³/mol. The van der Waals surface area contributed by atoms with Crippen LogP contribution in [0.25, 0.3) is 11.1 Å². The van der Waals surface area contributed by atoms with E-state index in [4.69, 9.17) is 14.6 Å². The van der Waals surface area contributed by atoms with Crippen LogP contribution in [0, 0.1) is 5.41 Å². The fourth-order valence-corrected chi connectivity index (χ4v) is 5.45. The van der Waals surface area contributed by atoms with Crippen molar-refractivity contribution in [2.45, 2.75) is 45.4 Å². The summed E-state index contributed by atoms with van der Waals surface area (Å²) in [6, 6.07) is 22.1. The Labute approximate surface area is 221 Å². The van der Waals surface area contributed by atoms with E-state index in [9.17, 15) is 14.4 Å². The molecule has 3 aromatic rings. The van der Waals surface area contributed by atoms with Gasteiger partial charge in [0.25, 0.3) is 0 Å². The molecule has 1 aliphatic heterocycles. The van der Waals surface area contributed by atoms with E-state index in [0.29, 0.717) is 24.2 Å². The summed E-state index contributed by atoms with van der Waals surface area (Å²) in [5.74, 6) is -0.755. The highest BCUT2D eigenvalue weighted by molar-refractivity contribution is 6.03. The van der Waals surface area contributed by atoms with E-state index in [2.05, 4.69) is 17.4 Å². The molecule has 2 N–H and O–H groups in total. The first-order valence-electron chi connectivity index (χ1n) is 12.8. The topological polar surface area (TPSA) is 105 Å². The van der Waals surface area contributed by atoms with Gasteiger partial charge in [0.05, 0.1) is 6.42 Å². The molecule has 38 heavy (non-hydrogen) atoms. The lowest BCUT2D eigenvalue weighted by atomic mass is 9.72. The Morgan fingerprint density at radius 3 is 2.05 bits per heavy atom. The lowest BCUT2D eigenvalue weighted by Crippen LogP contribution is -2.73. The molecule has 0 spiro atoms. The quantitative estimate of drug-likeness (QED) is 0.303. The third-order valence-corrected chi connectivity index (χ3v) is 7.61. The normalized spacial score (nSPS) is 17.4. The van der Waals surface area contributed by atoms with E-state index in [0.717, 1.165) is 27.2 Å². The molecule has 1 aliphatic carbocycles. The van der Waals surface area contributed by atoms with Crippen molar-refractivity contribution in [3.05, 3.63) is 89.5 Å². The first kappa shape index (κ1) is 25.5. The molecule has 5 rings (SSSR count). The van der Waals surface area contributed by atoms with Crippen molar-refractivity contribution in [3.63, 3.8) is 0 Å². The Morgan fingerprint density at radius 1 is 0.921 bits per heavy atom. The number of nitrogens with zero attached hydrogens (tertiary/aromatic N) is 1. The van der Waals surface area contributed by atoms with Gasteiger partial charge in [0.1, 0.15) is 24.0 Å². The molecule has 0 radical (unpaired) electrons. The number of hydrogen-bond donors (Lipinski definition) is 2. The van der Waals surface area contributed by atoms with Crippen molar-refractivity contribution >= 4 is 17.9 Å². The number of carboxylic acid groups (broad SMARTS) is 1. The monoisotopic (exact) mass is 514 g/mol. The maximum Gasteiger partial charge on any atom is 0.328 e. The molecule has 0 aromatic heterocycles. The number of β-lactam (4-membered cyclic amide) rings is 1. The zero-order valence-corrected chi connectivity index (χ0v) is 21.3. The minimum absolute atomic E-state index is 0.0855. The number of carbonyl (C=O) groups excluding carboxylic acids is 2. The van der Waals surface area contributed by atoms with Crippen LogP contribution in [0.3, 0.4) is 0 Å². The number of amides is 3. The number of imide groups is 1. The first-order chi connectivity index (χ1) is 18.4. The van der Waals surface area contributed by atoms with Gasteiger partial charge in [0.2, 0.25) is 5.91 Å². The van der Waals surface area contributed by atoms with Crippen LogP contribution in [0.4, 0.5) is 4.79 Å². The number of nitrogens with one attached hydrogen (secondary N) is 1. The van der Waals surface area contributed by atoms with Gasteiger partial charge in [-0.05, 0) is 52.8 Å². The van der Waals surface area contributed by atoms with Crippen molar-refractivity contribution in [2.75, 3.05) is 6.73 Å². The zero-order chi connectivity index (χ0) is 26.9. The molecule has 1 fully saturated rings. The standard InChI is InChI=1S/C30H30N2O6/c1-3-30(4-2)27(35)32(28(30)38-20-15-13-19(14-16-20)17-25(33)34)29(36)31-18-37-26-23-11-7-5-9-21(23)22-10-6-8-12-24(22)26/h5-16,26,28H,3-4,17-18H2,1-2H3,(H,31,36)(H,33,34). The van der Waals surface area contributed by atoms with E-state index in [1.54, 1.807) is 24.3 Å². The van der Waals surface area contributed by atoms with Crippen LogP contribution in [-0.4, -0.2) is 40.9 Å². The summed E-state index contributed by atoms with van der Waals surface area (Å²) in [5, 5.41) is 11.7. The largest absolute Gasteiger partial charge is 0.481 e. The number of benzene rings is 3. The van der Waals surface area contributed by atoms with E-state index in [1.807, 2.05) is 50.2 Å². The van der Waals surface area contributed by atoms with Gasteiger partial charge in [-0.25, -0.2) is 9.69 Å². The average Bonchev–Trinajstić information content (AvgIpc) is 3.24. The van der Waals surface area contributed by atoms with Crippen LogP contribution in [0.1, 0.15) is 49.5 Å². The number of rotatable bonds is 9. The number of likely N-dealkylation sites (tertiary alicyclic amines) is 1. The van der Waals surface area contributed by atoms with E-state index in [1.165, 1.54) is 0 Å². The molecular weight excluding hydrogens is 484 g/mol. The van der Waals surface area contributed by atoms with Crippen LogP contribution in [0.5, 0.6) is 5.75 Å². The highest BCUT2D eigenvalue weighted by Crippen LogP contribution is 2.47. The highest BCUT2D eigenvalue weighted by Gasteiger charge is 2.62. The molecule has 0 saturated carbocycles.